The molecule has 3 aromatic rings. The molecule has 13 nitrogen and oxygen atoms in total. The van der Waals surface area contributed by atoms with Crippen molar-refractivity contribution in [1.29, 1.82) is 0 Å². The average Bonchev–Trinajstić information content (AvgIpc) is 4.22. The molecule has 0 bridgehead atoms. The number of benzene rings is 3. The van der Waals surface area contributed by atoms with Crippen LogP contribution in [0.15, 0.2) is 84.9 Å². The van der Waals surface area contributed by atoms with Gasteiger partial charge in [0.1, 0.15) is 6.04 Å². The molecular weight excluding hydrogens is 797 g/mol. The van der Waals surface area contributed by atoms with Crippen molar-refractivity contribution >= 4 is 35.6 Å². The first-order valence-electron chi connectivity index (χ1n) is 23.3. The molecule has 1 heterocycles. The summed E-state index contributed by atoms with van der Waals surface area (Å²) in [5.74, 6) is -2.76. The first-order chi connectivity index (χ1) is 30.7. The number of hydrogen-bond acceptors (Lipinski definition) is 7. The van der Waals surface area contributed by atoms with Crippen LogP contribution in [0.2, 0.25) is 0 Å². The van der Waals surface area contributed by atoms with Gasteiger partial charge in [-0.2, -0.15) is 0 Å². The minimum atomic E-state index is -1.06. The molecular formula is C50H66N6O7. The Labute approximate surface area is 372 Å². The molecule has 1 saturated heterocycles. The number of rotatable bonds is 24. The number of alkyl carbamates (subject to hydrolysis) is 1. The summed E-state index contributed by atoms with van der Waals surface area (Å²) in [4.78, 5) is 82.4. The highest BCUT2D eigenvalue weighted by Gasteiger charge is 2.49. The van der Waals surface area contributed by atoms with Gasteiger partial charge in [-0.15, -0.1) is 0 Å². The molecule has 338 valence electrons. The fourth-order valence-corrected chi connectivity index (χ4v) is 8.50. The van der Waals surface area contributed by atoms with E-state index in [4.69, 9.17) is 4.74 Å². The summed E-state index contributed by atoms with van der Waals surface area (Å²) >= 11 is 0. The molecule has 6 rings (SSSR count). The van der Waals surface area contributed by atoms with Gasteiger partial charge in [0, 0.05) is 61.2 Å². The van der Waals surface area contributed by atoms with Crippen LogP contribution in [0.25, 0.3) is 0 Å². The second-order valence-electron chi connectivity index (χ2n) is 17.4. The normalized spacial score (nSPS) is 21.4. The van der Waals surface area contributed by atoms with Crippen LogP contribution in [-0.4, -0.2) is 91.4 Å². The fourth-order valence-electron chi connectivity index (χ4n) is 8.50. The molecule has 0 aromatic heterocycles. The maximum absolute atomic E-state index is 14.0. The Balaban J connectivity index is 1.04. The molecule has 3 fully saturated rings. The smallest absolute Gasteiger partial charge is 0.407 e. The van der Waals surface area contributed by atoms with Crippen molar-refractivity contribution in [2.75, 3.05) is 32.8 Å². The van der Waals surface area contributed by atoms with Crippen LogP contribution >= 0.6 is 0 Å². The van der Waals surface area contributed by atoms with Gasteiger partial charge in [-0.25, -0.2) is 4.79 Å². The maximum atomic E-state index is 14.0. The van der Waals surface area contributed by atoms with Crippen molar-refractivity contribution in [3.63, 3.8) is 0 Å². The van der Waals surface area contributed by atoms with Gasteiger partial charge in [0.05, 0.1) is 18.4 Å². The van der Waals surface area contributed by atoms with Gasteiger partial charge in [0.25, 0.3) is 11.8 Å². The fraction of sp³-hybridized carbons (Fsp3) is 0.520. The van der Waals surface area contributed by atoms with E-state index >= 15 is 0 Å². The van der Waals surface area contributed by atoms with Crippen molar-refractivity contribution in [3.8, 4) is 0 Å². The predicted molar refractivity (Wildman–Crippen MR) is 242 cm³/mol. The number of ether oxygens (including phenoxy) is 1. The molecule has 6 amide bonds. The topological polar surface area (TPSA) is 175 Å². The Morgan fingerprint density at radius 1 is 0.619 bits per heavy atom. The van der Waals surface area contributed by atoms with Crippen molar-refractivity contribution in [2.45, 2.75) is 121 Å². The van der Waals surface area contributed by atoms with Gasteiger partial charge >= 0.3 is 6.09 Å². The number of likely N-dealkylation sites (tertiary alicyclic amines) is 1. The Bertz CT molecular complexity index is 1900. The van der Waals surface area contributed by atoms with Crippen LogP contribution in [0, 0.1) is 11.8 Å². The van der Waals surface area contributed by atoms with E-state index in [1.165, 1.54) is 18.6 Å². The Kier molecular flexibility index (Phi) is 17.6. The highest BCUT2D eigenvalue weighted by atomic mass is 16.5. The van der Waals surface area contributed by atoms with E-state index in [1.54, 1.807) is 17.0 Å². The van der Waals surface area contributed by atoms with E-state index < -0.39 is 35.8 Å². The zero-order valence-corrected chi connectivity index (χ0v) is 37.0. The monoisotopic (exact) mass is 862 g/mol. The van der Waals surface area contributed by atoms with Crippen molar-refractivity contribution in [3.05, 3.63) is 107 Å². The van der Waals surface area contributed by atoms with Gasteiger partial charge in [-0.05, 0) is 61.1 Å². The number of hydrogen-bond donors (Lipinski definition) is 5. The quantitative estimate of drug-likeness (QED) is 0.0631. The van der Waals surface area contributed by atoms with Crippen LogP contribution in [0.4, 0.5) is 4.79 Å². The Morgan fingerprint density at radius 3 is 1.68 bits per heavy atom. The van der Waals surface area contributed by atoms with E-state index in [0.29, 0.717) is 12.1 Å². The Hall–Kier alpha value is -5.72. The molecule has 7 atom stereocenters. The Morgan fingerprint density at radius 2 is 1.13 bits per heavy atom. The van der Waals surface area contributed by atoms with Crippen molar-refractivity contribution in [1.82, 2.24) is 31.5 Å². The van der Waals surface area contributed by atoms with Crippen LogP contribution in [-0.2, 0) is 19.1 Å². The molecule has 3 aromatic carbocycles. The lowest BCUT2D eigenvalue weighted by Gasteiger charge is -2.19. The van der Waals surface area contributed by atoms with E-state index in [-0.39, 0.29) is 73.4 Å². The zero-order chi connectivity index (χ0) is 44.6. The van der Waals surface area contributed by atoms with E-state index in [0.717, 1.165) is 81.8 Å². The first kappa shape index (κ1) is 46.8. The van der Waals surface area contributed by atoms with Gasteiger partial charge in [0.2, 0.25) is 17.7 Å². The highest BCUT2D eigenvalue weighted by molar-refractivity contribution is 5.99. The SMILES string of the molecule is CCCCCCCCOC(=O)N[C@@H](CNC(=O)c1ccc(C(=O)N2C[C@@H](C(=O)N[C@H]3C[C@@H]3c3ccccc3)[C@H](C(=O)N[C@H]3C[C@@H]3c3ccccc3)C2)cc1)C(=O)NCCCCCC. The van der Waals surface area contributed by atoms with Crippen LogP contribution in [0.3, 0.4) is 0 Å². The number of nitrogens with one attached hydrogen (secondary N) is 5. The third kappa shape index (κ3) is 13.9. The molecule has 0 unspecified atom stereocenters. The first-order valence-corrected chi connectivity index (χ1v) is 23.3. The molecule has 63 heavy (non-hydrogen) atoms. The third-order valence-corrected chi connectivity index (χ3v) is 12.5. The lowest BCUT2D eigenvalue weighted by Crippen LogP contribution is -2.53. The summed E-state index contributed by atoms with van der Waals surface area (Å²) < 4.78 is 5.35. The molecule has 1 aliphatic heterocycles. The maximum Gasteiger partial charge on any atom is 0.407 e. The summed E-state index contributed by atoms with van der Waals surface area (Å²) in [5, 5.41) is 14.6. The van der Waals surface area contributed by atoms with Gasteiger partial charge < -0.3 is 36.2 Å². The minimum Gasteiger partial charge on any atom is -0.450 e. The van der Waals surface area contributed by atoms with E-state index in [1.807, 2.05) is 36.4 Å². The number of carbonyl (C=O) groups excluding carboxylic acids is 6. The second-order valence-corrected chi connectivity index (χ2v) is 17.4. The van der Waals surface area contributed by atoms with Crippen LogP contribution in [0.1, 0.15) is 135 Å². The highest BCUT2D eigenvalue weighted by Crippen LogP contribution is 2.42. The molecule has 0 radical (unpaired) electrons. The molecule has 5 N–H and O–H groups in total. The van der Waals surface area contributed by atoms with E-state index in [9.17, 15) is 28.8 Å². The van der Waals surface area contributed by atoms with Crippen LogP contribution in [0.5, 0.6) is 0 Å². The molecule has 3 aliphatic rings. The predicted octanol–water partition coefficient (Wildman–Crippen LogP) is 6.60. The number of nitrogens with zero attached hydrogens (tertiary/aromatic N) is 1. The minimum absolute atomic E-state index is 0.0299. The number of carbonyl (C=O) groups is 6. The summed E-state index contributed by atoms with van der Waals surface area (Å²) in [7, 11) is 0. The zero-order valence-electron chi connectivity index (χ0n) is 37.0. The number of amides is 6. The summed E-state index contributed by atoms with van der Waals surface area (Å²) in [6, 6.07) is 25.1. The van der Waals surface area contributed by atoms with Crippen molar-refractivity contribution in [2.24, 2.45) is 11.8 Å². The lowest BCUT2D eigenvalue weighted by atomic mass is 9.94. The van der Waals surface area contributed by atoms with E-state index in [2.05, 4.69) is 64.7 Å². The molecule has 0 spiro atoms. The van der Waals surface area contributed by atoms with Gasteiger partial charge in [-0.3, -0.25) is 24.0 Å². The summed E-state index contributed by atoms with van der Waals surface area (Å²) in [5.41, 5.74) is 2.88. The van der Waals surface area contributed by atoms with Gasteiger partial charge in [0.15, 0.2) is 0 Å². The molecule has 13 heteroatoms. The summed E-state index contributed by atoms with van der Waals surface area (Å²) in [6.45, 7) is 4.95. The summed E-state index contributed by atoms with van der Waals surface area (Å²) in [6.07, 6.45) is 11.1. The van der Waals surface area contributed by atoms with Gasteiger partial charge in [-0.1, -0.05) is 126 Å². The third-order valence-electron chi connectivity index (χ3n) is 12.5. The number of unbranched alkanes of at least 4 members (excludes halogenated alkanes) is 8. The second kappa shape index (κ2) is 23.6. The van der Waals surface area contributed by atoms with Crippen LogP contribution < -0.4 is 26.6 Å². The molecule has 2 saturated carbocycles. The average molecular weight is 863 g/mol. The lowest BCUT2D eigenvalue weighted by molar-refractivity contribution is -0.133. The van der Waals surface area contributed by atoms with Crippen molar-refractivity contribution < 1.29 is 33.5 Å². The largest absolute Gasteiger partial charge is 0.450 e. The standard InChI is InChI=1S/C50H66N6O7/c1-3-5-7-9-10-18-28-63-50(62)55-44(48(60)51-27-17-8-6-4-2)31-52-45(57)36-23-25-37(26-24-36)49(61)56-32-40(46(58)53-42-29-38(42)34-19-13-11-14-20-34)41(33-56)47(59)54-43-30-39(43)35-21-15-12-16-22-35/h11-16,19-26,38-44H,3-10,17-18,27-33H2,1-2H3,(H,51,60)(H,52,57)(H,53,58)(H,54,59)(H,55,62)/t38-,39-,40-,41-,42+,43+,44+/m1/s1. The molecule has 2 aliphatic carbocycles.